The van der Waals surface area contributed by atoms with Crippen molar-refractivity contribution in [3.63, 3.8) is 0 Å². The van der Waals surface area contributed by atoms with Gasteiger partial charge in [-0.25, -0.2) is 4.79 Å². The van der Waals surface area contributed by atoms with Crippen LogP contribution in [0.4, 0.5) is 16.3 Å². The number of carbonyl (C=O) groups is 2. The van der Waals surface area contributed by atoms with E-state index in [1.54, 1.807) is 48.7 Å². The van der Waals surface area contributed by atoms with Gasteiger partial charge >= 0.3 is 6.03 Å². The molecule has 4 aromatic rings. The number of H-pyrrole nitrogens is 1. The largest absolute Gasteiger partial charge is 0.491 e. The third kappa shape index (κ3) is 6.99. The Morgan fingerprint density at radius 1 is 1.07 bits per heavy atom. The number of pyridine rings is 1. The molecule has 0 aliphatic heterocycles. The predicted molar refractivity (Wildman–Crippen MR) is 156 cm³/mol. The number of fused-ring (bicyclic) bond motifs is 1. The number of carbonyl (C=O) groups excluding carboxylic acids is 2. The molecule has 2 heterocycles. The lowest BCUT2D eigenvalue weighted by Crippen LogP contribution is -2.21. The van der Waals surface area contributed by atoms with Crippen LogP contribution in [0.2, 0.25) is 5.02 Å². The Bertz CT molecular complexity index is 1550. The maximum absolute atomic E-state index is 12.5. The number of aromatic amines is 1. The summed E-state index contributed by atoms with van der Waals surface area (Å²) in [6.45, 7) is 7.17. The summed E-state index contributed by atoms with van der Waals surface area (Å²) in [7, 11) is 3.86. The zero-order chi connectivity index (χ0) is 29.0. The van der Waals surface area contributed by atoms with Gasteiger partial charge in [0.05, 0.1) is 21.8 Å². The van der Waals surface area contributed by atoms with Crippen molar-refractivity contribution < 1.29 is 19.1 Å². The number of nitrogens with one attached hydrogen (secondary N) is 3. The van der Waals surface area contributed by atoms with Gasteiger partial charge in [0.2, 0.25) is 0 Å². The Balaban J connectivity index is 1.50. The van der Waals surface area contributed by atoms with Crippen LogP contribution >= 0.6 is 11.6 Å². The lowest BCUT2D eigenvalue weighted by molar-refractivity contribution is 0.0996. The van der Waals surface area contributed by atoms with Crippen molar-refractivity contribution in [2.45, 2.75) is 26.2 Å². The molecule has 2 aromatic heterocycles. The molecule has 0 saturated heterocycles. The lowest BCUT2D eigenvalue weighted by atomic mass is 9.92. The Kier molecular flexibility index (Phi) is 8.46. The predicted octanol–water partition coefficient (Wildman–Crippen LogP) is 5.38. The molecule has 0 bridgehead atoms. The fraction of sp³-hybridized carbons (Fsp3) is 0.286. The zero-order valence-electron chi connectivity index (χ0n) is 23.0. The number of anilines is 2. The number of likely N-dealkylation sites (N-methyl/N-ethyl adjacent to an activating group) is 1. The normalized spacial score (nSPS) is 11.5. The number of primary amides is 1. The summed E-state index contributed by atoms with van der Waals surface area (Å²) in [5.74, 6) is 0.975. The molecule has 0 unspecified atom stereocenters. The van der Waals surface area contributed by atoms with Gasteiger partial charge in [-0.3, -0.25) is 20.2 Å². The number of benzene rings is 2. The van der Waals surface area contributed by atoms with Crippen LogP contribution in [0.5, 0.6) is 17.2 Å². The third-order valence-corrected chi connectivity index (χ3v) is 6.22. The van der Waals surface area contributed by atoms with E-state index < -0.39 is 11.9 Å². The first-order valence-corrected chi connectivity index (χ1v) is 12.9. The van der Waals surface area contributed by atoms with Crippen LogP contribution in [0.3, 0.4) is 0 Å². The SMILES string of the molecule is CN(C)CCOc1cc2nccc(Oc3ccc(NC(=O)Nc4cc(C(C)(C)C)[nH]n4)c(Cl)c3)c2cc1C(N)=O. The summed E-state index contributed by atoms with van der Waals surface area (Å²) in [6, 6.07) is 11.1. The van der Waals surface area contributed by atoms with E-state index >= 15 is 0 Å². The van der Waals surface area contributed by atoms with Gasteiger partial charge in [-0.15, -0.1) is 0 Å². The van der Waals surface area contributed by atoms with E-state index in [0.29, 0.717) is 52.8 Å². The lowest BCUT2D eigenvalue weighted by Gasteiger charge is -2.15. The number of nitrogens with zero attached hydrogens (tertiary/aromatic N) is 3. The van der Waals surface area contributed by atoms with E-state index in [-0.39, 0.29) is 16.0 Å². The van der Waals surface area contributed by atoms with E-state index in [1.807, 2.05) is 39.8 Å². The highest BCUT2D eigenvalue weighted by atomic mass is 35.5. The summed E-state index contributed by atoms with van der Waals surface area (Å²) in [6.07, 6.45) is 1.59. The van der Waals surface area contributed by atoms with Crippen molar-refractivity contribution in [1.82, 2.24) is 20.1 Å². The average Bonchev–Trinajstić information content (AvgIpc) is 3.34. The molecule has 0 atom stereocenters. The van der Waals surface area contributed by atoms with Crippen LogP contribution in [0.1, 0.15) is 36.8 Å². The average molecular weight is 566 g/mol. The van der Waals surface area contributed by atoms with Gasteiger partial charge in [-0.2, -0.15) is 5.10 Å². The molecule has 40 heavy (non-hydrogen) atoms. The topological polar surface area (TPSA) is 147 Å². The second-order valence-electron chi connectivity index (χ2n) is 10.4. The zero-order valence-corrected chi connectivity index (χ0v) is 23.7. The summed E-state index contributed by atoms with van der Waals surface area (Å²) < 4.78 is 11.9. The van der Waals surface area contributed by atoms with Crippen molar-refractivity contribution in [3.8, 4) is 17.2 Å². The monoisotopic (exact) mass is 565 g/mol. The number of rotatable bonds is 9. The molecule has 4 rings (SSSR count). The van der Waals surface area contributed by atoms with E-state index in [0.717, 1.165) is 5.69 Å². The Morgan fingerprint density at radius 3 is 2.50 bits per heavy atom. The van der Waals surface area contributed by atoms with Crippen LogP contribution < -0.4 is 25.8 Å². The van der Waals surface area contributed by atoms with Gasteiger partial charge in [0.15, 0.2) is 5.82 Å². The summed E-state index contributed by atoms with van der Waals surface area (Å²) in [4.78, 5) is 31.0. The molecule has 12 heteroatoms. The minimum Gasteiger partial charge on any atom is -0.491 e. The summed E-state index contributed by atoms with van der Waals surface area (Å²) in [5, 5.41) is 13.3. The highest BCUT2D eigenvalue weighted by Gasteiger charge is 2.18. The molecule has 3 amide bonds. The van der Waals surface area contributed by atoms with Crippen molar-refractivity contribution in [2.24, 2.45) is 5.73 Å². The molecule has 0 saturated carbocycles. The van der Waals surface area contributed by atoms with Crippen LogP contribution in [-0.4, -0.2) is 59.3 Å². The van der Waals surface area contributed by atoms with E-state index in [4.69, 9.17) is 26.8 Å². The van der Waals surface area contributed by atoms with E-state index in [2.05, 4.69) is 25.8 Å². The molecule has 11 nitrogen and oxygen atoms in total. The smallest absolute Gasteiger partial charge is 0.324 e. The summed E-state index contributed by atoms with van der Waals surface area (Å²) >= 11 is 6.45. The molecule has 0 aliphatic carbocycles. The Morgan fingerprint density at radius 2 is 1.85 bits per heavy atom. The molecular weight excluding hydrogens is 534 g/mol. The fourth-order valence-corrected chi connectivity index (χ4v) is 3.93. The first kappa shape index (κ1) is 28.7. The molecule has 2 aromatic carbocycles. The maximum atomic E-state index is 12.5. The number of urea groups is 1. The molecular formula is C28H32ClN7O4. The standard InChI is InChI=1S/C28H32ClN7O4/c1-28(2,3)24-15-25(35-34-24)33-27(38)32-20-7-6-16(12-19(20)29)40-22-8-9-31-21-14-23(39-11-10-36(4)5)18(26(30)37)13-17(21)22/h6-9,12-15H,10-11H2,1-5H3,(H2,30,37)(H3,32,33,34,35,38). The van der Waals surface area contributed by atoms with E-state index in [1.165, 1.54) is 0 Å². The fourth-order valence-electron chi connectivity index (χ4n) is 3.71. The number of aromatic nitrogens is 3. The van der Waals surface area contributed by atoms with Crippen molar-refractivity contribution >= 4 is 45.9 Å². The first-order chi connectivity index (χ1) is 18.9. The molecule has 0 spiro atoms. The van der Waals surface area contributed by atoms with Gasteiger partial charge in [-0.05, 0) is 38.4 Å². The Hall–Kier alpha value is -4.35. The second-order valence-corrected chi connectivity index (χ2v) is 10.8. The third-order valence-electron chi connectivity index (χ3n) is 5.91. The number of ether oxygens (including phenoxy) is 2. The maximum Gasteiger partial charge on any atom is 0.324 e. The van der Waals surface area contributed by atoms with Gasteiger partial charge in [-0.1, -0.05) is 32.4 Å². The van der Waals surface area contributed by atoms with Gasteiger partial charge in [0.1, 0.15) is 23.9 Å². The highest BCUT2D eigenvalue weighted by molar-refractivity contribution is 6.34. The molecule has 5 N–H and O–H groups in total. The van der Waals surface area contributed by atoms with Crippen molar-refractivity contribution in [1.29, 1.82) is 0 Å². The number of hydrogen-bond donors (Lipinski definition) is 4. The van der Waals surface area contributed by atoms with E-state index in [9.17, 15) is 9.59 Å². The number of hydrogen-bond acceptors (Lipinski definition) is 7. The highest BCUT2D eigenvalue weighted by Crippen LogP contribution is 2.35. The van der Waals surface area contributed by atoms with Crippen LogP contribution in [0.15, 0.2) is 48.7 Å². The minimum atomic E-state index is -0.627. The van der Waals surface area contributed by atoms with Gasteiger partial charge in [0.25, 0.3) is 5.91 Å². The minimum absolute atomic E-state index is 0.133. The molecule has 0 aliphatic rings. The van der Waals surface area contributed by atoms with Crippen LogP contribution in [-0.2, 0) is 5.41 Å². The number of nitrogens with two attached hydrogens (primary N) is 1. The van der Waals surface area contributed by atoms with Gasteiger partial charge < -0.3 is 25.4 Å². The second kappa shape index (κ2) is 11.8. The van der Waals surface area contributed by atoms with Crippen molar-refractivity contribution in [3.05, 3.63) is 64.9 Å². The quantitative estimate of drug-likeness (QED) is 0.213. The number of amides is 3. The Labute approximate surface area is 237 Å². The van der Waals surface area contributed by atoms with Crippen LogP contribution in [0, 0.1) is 0 Å². The number of halogens is 1. The van der Waals surface area contributed by atoms with Crippen molar-refractivity contribution in [2.75, 3.05) is 37.9 Å². The first-order valence-electron chi connectivity index (χ1n) is 12.5. The molecule has 0 fully saturated rings. The molecule has 210 valence electrons. The van der Waals surface area contributed by atoms with Gasteiger partial charge in [0, 0.05) is 47.4 Å². The molecule has 0 radical (unpaired) electrons. The van der Waals surface area contributed by atoms with Crippen LogP contribution in [0.25, 0.3) is 10.9 Å². The summed E-state index contributed by atoms with van der Waals surface area (Å²) in [5.41, 5.74) is 7.56.